The fourth-order valence-electron chi connectivity index (χ4n) is 1.70. The van der Waals surface area contributed by atoms with E-state index < -0.39 is 0 Å². The monoisotopic (exact) mass is 219 g/mol. The maximum Gasteiger partial charge on any atom is 0.0899 e. The number of rotatable bonds is 2. The van der Waals surface area contributed by atoms with Gasteiger partial charge in [0.15, 0.2) is 0 Å². The second kappa shape index (κ2) is 4.03. The molecule has 0 atom stereocenters. The highest BCUT2D eigenvalue weighted by Crippen LogP contribution is 2.32. The van der Waals surface area contributed by atoms with Gasteiger partial charge in [0.1, 0.15) is 0 Å². The topological polar surface area (TPSA) is 32.6 Å². The minimum Gasteiger partial charge on any atom is -0.411 e. The van der Waals surface area contributed by atoms with E-state index in [2.05, 4.69) is 22.7 Å². The summed E-state index contributed by atoms with van der Waals surface area (Å²) in [5.74, 6) is 0.228. The van der Waals surface area contributed by atoms with Crippen LogP contribution in [0.4, 0.5) is 0 Å². The van der Waals surface area contributed by atoms with E-state index in [0.717, 1.165) is 11.3 Å². The molecular formula is C12H13NOS. The van der Waals surface area contributed by atoms with Crippen LogP contribution in [-0.4, -0.2) is 10.9 Å². The molecule has 3 heteroatoms. The van der Waals surface area contributed by atoms with Gasteiger partial charge in [-0.05, 0) is 17.4 Å². The highest BCUT2D eigenvalue weighted by atomic mass is 32.1. The first kappa shape index (κ1) is 10.2. The summed E-state index contributed by atoms with van der Waals surface area (Å²) in [5, 5.41) is 14.5. The van der Waals surface area contributed by atoms with Gasteiger partial charge in [-0.25, -0.2) is 0 Å². The lowest BCUT2D eigenvalue weighted by atomic mass is 9.99. The zero-order valence-corrected chi connectivity index (χ0v) is 9.58. The third-order valence-corrected chi connectivity index (χ3v) is 3.33. The summed E-state index contributed by atoms with van der Waals surface area (Å²) in [6, 6.07) is 8.18. The number of hydrogen-bond donors (Lipinski definition) is 1. The van der Waals surface area contributed by atoms with Crippen molar-refractivity contribution < 1.29 is 5.21 Å². The molecule has 0 spiro atoms. The molecule has 2 nitrogen and oxygen atoms in total. The summed E-state index contributed by atoms with van der Waals surface area (Å²) in [6.07, 6.45) is 0. The first-order valence-corrected chi connectivity index (χ1v) is 5.80. The summed E-state index contributed by atoms with van der Waals surface area (Å²) >= 11 is 1.70. The van der Waals surface area contributed by atoms with Gasteiger partial charge < -0.3 is 5.21 Å². The van der Waals surface area contributed by atoms with Crippen molar-refractivity contribution >= 4 is 17.0 Å². The van der Waals surface area contributed by atoms with Crippen molar-refractivity contribution in [3.63, 3.8) is 0 Å². The van der Waals surface area contributed by atoms with E-state index in [1.807, 2.05) is 26.0 Å². The van der Waals surface area contributed by atoms with Gasteiger partial charge in [-0.1, -0.05) is 37.2 Å². The molecule has 0 aromatic rings. The minimum absolute atomic E-state index is 0.228. The zero-order valence-electron chi connectivity index (χ0n) is 8.77. The lowest BCUT2D eigenvalue weighted by molar-refractivity contribution is 0.316. The van der Waals surface area contributed by atoms with Crippen molar-refractivity contribution in [3.05, 3.63) is 35.2 Å². The summed E-state index contributed by atoms with van der Waals surface area (Å²) in [7, 11) is 0. The van der Waals surface area contributed by atoms with Crippen LogP contribution in [0.3, 0.4) is 0 Å². The molecule has 1 N–H and O–H groups in total. The molecule has 0 radical (unpaired) electrons. The lowest BCUT2D eigenvalue weighted by Gasteiger charge is -2.08. The van der Waals surface area contributed by atoms with Crippen LogP contribution in [0.5, 0.6) is 0 Å². The Labute approximate surface area is 93.2 Å². The predicted molar refractivity (Wildman–Crippen MR) is 64.1 cm³/mol. The Morgan fingerprint density at radius 2 is 2.13 bits per heavy atom. The second-order valence-electron chi connectivity index (χ2n) is 3.78. The highest BCUT2D eigenvalue weighted by Gasteiger charge is 2.16. The first-order chi connectivity index (χ1) is 7.24. The Hall–Kier alpha value is -1.35. The summed E-state index contributed by atoms with van der Waals surface area (Å²) in [5.41, 5.74) is 2.96. The smallest absolute Gasteiger partial charge is 0.0899 e. The molecule has 0 unspecified atom stereocenters. The highest BCUT2D eigenvalue weighted by molar-refractivity contribution is 7.13. The van der Waals surface area contributed by atoms with E-state index in [-0.39, 0.29) is 5.92 Å². The average Bonchev–Trinajstić information content (AvgIpc) is 2.63. The molecule has 0 saturated carbocycles. The third kappa shape index (κ3) is 1.75. The van der Waals surface area contributed by atoms with Gasteiger partial charge in [-0.3, -0.25) is 0 Å². The van der Waals surface area contributed by atoms with Gasteiger partial charge in [0.05, 0.1) is 5.71 Å². The molecule has 2 rings (SSSR count). The number of fused-ring (bicyclic) bond motifs is 1. The quantitative estimate of drug-likeness (QED) is 0.466. The molecule has 0 aromatic heterocycles. The van der Waals surface area contributed by atoms with Crippen LogP contribution in [0, 0.1) is 5.92 Å². The third-order valence-electron chi connectivity index (χ3n) is 2.42. The van der Waals surface area contributed by atoms with Crippen LogP contribution in [0.2, 0.25) is 0 Å². The molecule has 0 bridgehead atoms. The molecule has 15 heavy (non-hydrogen) atoms. The first-order valence-electron chi connectivity index (χ1n) is 4.92. The van der Waals surface area contributed by atoms with Crippen LogP contribution in [0.1, 0.15) is 19.4 Å². The Balaban J connectivity index is 2.54. The van der Waals surface area contributed by atoms with E-state index in [4.69, 9.17) is 5.21 Å². The molecule has 0 saturated heterocycles. The van der Waals surface area contributed by atoms with Crippen molar-refractivity contribution in [2.75, 3.05) is 0 Å². The molecule has 1 aliphatic heterocycles. The van der Waals surface area contributed by atoms with Gasteiger partial charge in [-0.15, -0.1) is 11.3 Å². The molecule has 1 heterocycles. The molecule has 78 valence electrons. The van der Waals surface area contributed by atoms with Crippen molar-refractivity contribution in [2.24, 2.45) is 11.1 Å². The Bertz CT molecular complexity index is 459. The minimum atomic E-state index is 0.228. The van der Waals surface area contributed by atoms with Crippen LogP contribution in [0.15, 0.2) is 34.8 Å². The Kier molecular flexibility index (Phi) is 2.73. The van der Waals surface area contributed by atoms with Gasteiger partial charge in [0, 0.05) is 16.0 Å². The van der Waals surface area contributed by atoms with Crippen molar-refractivity contribution in [1.29, 1.82) is 0 Å². The standard InChI is InChI=1S/C12H13NOS/c1-8(2)12(13-14)10-5-6-11-9(10)4-3-7-15-11/h3-8,14H,1-2H3. The predicted octanol–water partition coefficient (Wildman–Crippen LogP) is 3.69. The van der Waals surface area contributed by atoms with Crippen LogP contribution < -0.4 is 0 Å². The lowest BCUT2D eigenvalue weighted by Crippen LogP contribution is -2.09. The Morgan fingerprint density at radius 3 is 2.80 bits per heavy atom. The van der Waals surface area contributed by atoms with E-state index in [1.165, 1.54) is 10.4 Å². The fourth-order valence-corrected chi connectivity index (χ4v) is 2.45. The van der Waals surface area contributed by atoms with Crippen LogP contribution in [0.25, 0.3) is 10.4 Å². The second-order valence-corrected chi connectivity index (χ2v) is 4.73. The van der Waals surface area contributed by atoms with Crippen LogP contribution >= 0.6 is 11.3 Å². The number of nitrogens with zero attached hydrogens (tertiary/aromatic N) is 1. The van der Waals surface area contributed by atoms with Crippen LogP contribution in [-0.2, 0) is 0 Å². The van der Waals surface area contributed by atoms with Crippen molar-refractivity contribution in [2.45, 2.75) is 13.8 Å². The van der Waals surface area contributed by atoms with E-state index >= 15 is 0 Å². The number of oxime groups is 1. The molecule has 0 amide bonds. The summed E-state index contributed by atoms with van der Waals surface area (Å²) < 4.78 is 0. The average molecular weight is 219 g/mol. The maximum absolute atomic E-state index is 9.02. The van der Waals surface area contributed by atoms with E-state index in [1.54, 1.807) is 11.3 Å². The largest absolute Gasteiger partial charge is 0.411 e. The molecule has 0 aromatic carbocycles. The fraction of sp³-hybridized carbons (Fsp3) is 0.250. The Morgan fingerprint density at radius 1 is 1.33 bits per heavy atom. The van der Waals surface area contributed by atoms with E-state index in [9.17, 15) is 0 Å². The molecule has 1 aliphatic carbocycles. The molecule has 0 fully saturated rings. The van der Waals surface area contributed by atoms with Gasteiger partial charge >= 0.3 is 0 Å². The summed E-state index contributed by atoms with van der Waals surface area (Å²) in [4.78, 5) is 1.23. The maximum atomic E-state index is 9.02. The number of hydrogen-bond acceptors (Lipinski definition) is 3. The van der Waals surface area contributed by atoms with Crippen molar-refractivity contribution in [3.8, 4) is 10.4 Å². The zero-order chi connectivity index (χ0) is 10.8. The summed E-state index contributed by atoms with van der Waals surface area (Å²) in [6.45, 7) is 4.06. The SMILES string of the molecule is CC(C)C(=NO)c1ccc2scccc1-2. The molecule has 2 aliphatic rings. The normalized spacial score (nSPS) is 12.6. The van der Waals surface area contributed by atoms with E-state index in [0.29, 0.717) is 0 Å². The molecular weight excluding hydrogens is 206 g/mol. The van der Waals surface area contributed by atoms with Gasteiger partial charge in [0.2, 0.25) is 0 Å². The van der Waals surface area contributed by atoms with Gasteiger partial charge in [-0.2, -0.15) is 0 Å². The van der Waals surface area contributed by atoms with Gasteiger partial charge in [0.25, 0.3) is 0 Å². The van der Waals surface area contributed by atoms with Crippen molar-refractivity contribution in [1.82, 2.24) is 0 Å².